The number of methoxy groups -OCH3 is 2. The minimum Gasteiger partial charge on any atom is -0.493 e. The van der Waals surface area contributed by atoms with Crippen molar-refractivity contribution in [3.05, 3.63) is 23.8 Å². The second kappa shape index (κ2) is 7.53. The molecule has 3 rings (SSSR count). The number of amides is 1. The Morgan fingerprint density at radius 1 is 1.31 bits per heavy atom. The Kier molecular flexibility index (Phi) is 5.36. The fraction of sp³-hybridized carbons (Fsp3) is 0.579. The number of aryl methyl sites for hydroxylation is 1. The Balaban J connectivity index is 1.63. The number of carbonyl (C=O) groups excluding carboxylic acids is 1. The first-order valence-electron chi connectivity index (χ1n) is 8.80. The summed E-state index contributed by atoms with van der Waals surface area (Å²) in [7, 11) is 3.15. The second-order valence-electron chi connectivity index (χ2n) is 6.96. The van der Waals surface area contributed by atoms with Gasteiger partial charge < -0.3 is 24.2 Å². The van der Waals surface area contributed by atoms with Gasteiger partial charge in [0.05, 0.1) is 20.8 Å². The van der Waals surface area contributed by atoms with Crippen molar-refractivity contribution in [2.24, 2.45) is 11.3 Å². The minimum absolute atomic E-state index is 0.0187. The first-order valence-corrected chi connectivity index (χ1v) is 8.80. The van der Waals surface area contributed by atoms with Crippen LogP contribution in [0.3, 0.4) is 0 Å². The van der Waals surface area contributed by atoms with Crippen molar-refractivity contribution in [2.45, 2.75) is 19.3 Å². The third-order valence-corrected chi connectivity index (χ3v) is 5.52. The van der Waals surface area contributed by atoms with E-state index in [1.807, 2.05) is 18.2 Å². The van der Waals surface area contributed by atoms with Crippen molar-refractivity contribution < 1.29 is 28.9 Å². The summed E-state index contributed by atoms with van der Waals surface area (Å²) in [5, 5.41) is 9.67. The molecule has 142 valence electrons. The van der Waals surface area contributed by atoms with Crippen molar-refractivity contribution in [3.8, 4) is 11.5 Å². The van der Waals surface area contributed by atoms with E-state index >= 15 is 0 Å². The van der Waals surface area contributed by atoms with E-state index in [9.17, 15) is 14.7 Å². The maximum absolute atomic E-state index is 12.6. The molecule has 0 bridgehead atoms. The number of aliphatic carboxylic acids is 1. The smallest absolute Gasteiger partial charge is 0.314 e. The molecule has 2 aliphatic rings. The molecule has 2 aliphatic heterocycles. The van der Waals surface area contributed by atoms with Gasteiger partial charge in [0.15, 0.2) is 11.5 Å². The highest BCUT2D eigenvalue weighted by Gasteiger charge is 2.55. The monoisotopic (exact) mass is 363 g/mol. The van der Waals surface area contributed by atoms with Gasteiger partial charge in [-0.3, -0.25) is 9.59 Å². The summed E-state index contributed by atoms with van der Waals surface area (Å²) in [5.74, 6) is 0.368. The predicted molar refractivity (Wildman–Crippen MR) is 93.4 cm³/mol. The van der Waals surface area contributed by atoms with E-state index in [2.05, 4.69) is 0 Å². The molecule has 7 heteroatoms. The lowest BCUT2D eigenvalue weighted by atomic mass is 9.76. The molecule has 2 atom stereocenters. The predicted octanol–water partition coefficient (Wildman–Crippen LogP) is 1.59. The number of carboxylic acids is 1. The molecule has 1 aromatic carbocycles. The van der Waals surface area contributed by atoms with Crippen molar-refractivity contribution in [2.75, 3.05) is 40.5 Å². The fourth-order valence-corrected chi connectivity index (χ4v) is 3.93. The Labute approximate surface area is 152 Å². The minimum atomic E-state index is -0.947. The van der Waals surface area contributed by atoms with Gasteiger partial charge in [0, 0.05) is 26.1 Å². The SMILES string of the molecule is COc1ccc(CCC(=O)N2C[C@@H]3CCOC[C@]3(C(=O)O)C2)cc1OC. The highest BCUT2D eigenvalue weighted by atomic mass is 16.5. The lowest BCUT2D eigenvalue weighted by Gasteiger charge is -2.33. The molecule has 0 radical (unpaired) electrons. The van der Waals surface area contributed by atoms with Gasteiger partial charge in [0.2, 0.25) is 5.91 Å². The molecule has 2 fully saturated rings. The summed E-state index contributed by atoms with van der Waals surface area (Å²) in [6.07, 6.45) is 1.58. The van der Waals surface area contributed by atoms with Crippen LogP contribution in [0.5, 0.6) is 11.5 Å². The maximum Gasteiger partial charge on any atom is 0.314 e. The zero-order valence-corrected chi connectivity index (χ0v) is 15.2. The van der Waals surface area contributed by atoms with E-state index in [0.717, 1.165) is 5.56 Å². The lowest BCUT2D eigenvalue weighted by molar-refractivity contribution is -0.159. The van der Waals surface area contributed by atoms with Crippen molar-refractivity contribution in [1.82, 2.24) is 4.90 Å². The van der Waals surface area contributed by atoms with Crippen LogP contribution < -0.4 is 9.47 Å². The molecule has 0 saturated carbocycles. The highest BCUT2D eigenvalue weighted by Crippen LogP contribution is 2.42. The molecule has 7 nitrogen and oxygen atoms in total. The van der Waals surface area contributed by atoms with Gasteiger partial charge in [-0.15, -0.1) is 0 Å². The van der Waals surface area contributed by atoms with Gasteiger partial charge in [-0.2, -0.15) is 0 Å². The van der Waals surface area contributed by atoms with Crippen LogP contribution in [0.1, 0.15) is 18.4 Å². The van der Waals surface area contributed by atoms with Crippen LogP contribution >= 0.6 is 0 Å². The van der Waals surface area contributed by atoms with E-state index < -0.39 is 11.4 Å². The Hall–Kier alpha value is -2.28. The molecule has 26 heavy (non-hydrogen) atoms. The number of nitrogens with zero attached hydrogens (tertiary/aromatic N) is 1. The summed E-state index contributed by atoms with van der Waals surface area (Å²) < 4.78 is 15.9. The zero-order valence-electron chi connectivity index (χ0n) is 15.2. The molecule has 0 unspecified atom stereocenters. The summed E-state index contributed by atoms with van der Waals surface area (Å²) in [4.78, 5) is 26.1. The number of carbonyl (C=O) groups is 2. The van der Waals surface area contributed by atoms with Crippen LogP contribution in [0.4, 0.5) is 0 Å². The molecule has 1 aromatic rings. The number of hydrogen-bond donors (Lipinski definition) is 1. The van der Waals surface area contributed by atoms with Crippen LogP contribution in [0.2, 0.25) is 0 Å². The highest BCUT2D eigenvalue weighted by molar-refractivity contribution is 5.81. The molecule has 0 aromatic heterocycles. The van der Waals surface area contributed by atoms with E-state index in [4.69, 9.17) is 14.2 Å². The van der Waals surface area contributed by atoms with Crippen LogP contribution in [-0.2, 0) is 20.7 Å². The van der Waals surface area contributed by atoms with Gasteiger partial charge in [0.25, 0.3) is 0 Å². The van der Waals surface area contributed by atoms with Crippen LogP contribution in [0.15, 0.2) is 18.2 Å². The number of benzene rings is 1. The Morgan fingerprint density at radius 2 is 2.08 bits per heavy atom. The molecule has 2 saturated heterocycles. The number of carboxylic acid groups (broad SMARTS) is 1. The molecule has 1 N–H and O–H groups in total. The van der Waals surface area contributed by atoms with Gasteiger partial charge in [0.1, 0.15) is 5.41 Å². The first-order chi connectivity index (χ1) is 12.5. The van der Waals surface area contributed by atoms with E-state index in [-0.39, 0.29) is 25.0 Å². The van der Waals surface area contributed by atoms with E-state index in [1.54, 1.807) is 19.1 Å². The van der Waals surface area contributed by atoms with E-state index in [1.165, 1.54) is 0 Å². The lowest BCUT2D eigenvalue weighted by Crippen LogP contribution is -2.46. The summed E-state index contributed by atoms with van der Waals surface area (Å²) in [6, 6.07) is 5.59. The van der Waals surface area contributed by atoms with Crippen molar-refractivity contribution in [3.63, 3.8) is 0 Å². The van der Waals surface area contributed by atoms with Crippen molar-refractivity contribution >= 4 is 11.9 Å². The number of fused-ring (bicyclic) bond motifs is 1. The number of hydrogen-bond acceptors (Lipinski definition) is 5. The quantitative estimate of drug-likeness (QED) is 0.826. The standard InChI is InChI=1S/C19H25NO6/c1-24-15-5-3-13(9-16(15)25-2)4-6-17(21)20-10-14-7-8-26-12-19(14,11-20)18(22)23/h3,5,9,14H,4,6-8,10-12H2,1-2H3,(H,22,23)/t14-,19+/m0/s1. The Bertz CT molecular complexity index is 691. The molecule has 0 aliphatic carbocycles. The van der Waals surface area contributed by atoms with Crippen LogP contribution in [-0.4, -0.2) is 62.4 Å². The number of ether oxygens (including phenoxy) is 3. The van der Waals surface area contributed by atoms with Crippen LogP contribution in [0, 0.1) is 11.3 Å². The average molecular weight is 363 g/mol. The second-order valence-corrected chi connectivity index (χ2v) is 6.96. The van der Waals surface area contributed by atoms with Crippen LogP contribution in [0.25, 0.3) is 0 Å². The molecule has 0 spiro atoms. The third-order valence-electron chi connectivity index (χ3n) is 5.52. The summed E-state index contributed by atoms with van der Waals surface area (Å²) >= 11 is 0. The molecular formula is C19H25NO6. The summed E-state index contributed by atoms with van der Waals surface area (Å²) in [5.41, 5.74) is 0.0286. The van der Waals surface area contributed by atoms with Crippen molar-refractivity contribution in [1.29, 1.82) is 0 Å². The molecular weight excluding hydrogens is 338 g/mol. The van der Waals surface area contributed by atoms with Gasteiger partial charge in [-0.25, -0.2) is 0 Å². The average Bonchev–Trinajstić information content (AvgIpc) is 3.07. The first kappa shape index (κ1) is 18.5. The Morgan fingerprint density at radius 3 is 2.73 bits per heavy atom. The van der Waals surface area contributed by atoms with Gasteiger partial charge in [-0.1, -0.05) is 6.07 Å². The molecule has 2 heterocycles. The summed E-state index contributed by atoms with van der Waals surface area (Å²) in [6.45, 7) is 1.48. The third kappa shape index (κ3) is 3.35. The molecule has 1 amide bonds. The fourth-order valence-electron chi connectivity index (χ4n) is 3.93. The number of rotatable bonds is 6. The largest absolute Gasteiger partial charge is 0.493 e. The zero-order chi connectivity index (χ0) is 18.7. The normalized spacial score (nSPS) is 24.8. The maximum atomic E-state index is 12.6. The number of likely N-dealkylation sites (tertiary alicyclic amines) is 1. The van der Waals surface area contributed by atoms with E-state index in [0.29, 0.717) is 43.9 Å². The topological polar surface area (TPSA) is 85.3 Å². The van der Waals surface area contributed by atoms with Gasteiger partial charge in [-0.05, 0) is 36.5 Å². The van der Waals surface area contributed by atoms with Gasteiger partial charge >= 0.3 is 5.97 Å².